The van der Waals surface area contributed by atoms with Crippen LogP contribution < -0.4 is 5.73 Å². The molecule has 1 aliphatic heterocycles. The Hall–Kier alpha value is -0.610. The first kappa shape index (κ1) is 13.8. The Balaban J connectivity index is 1.93. The number of rotatable bonds is 2. The third kappa shape index (κ3) is 3.23. The third-order valence-electron chi connectivity index (χ3n) is 4.35. The van der Waals surface area contributed by atoms with Crippen LogP contribution in [0.2, 0.25) is 0 Å². The molecule has 0 aromatic carbocycles. The lowest BCUT2D eigenvalue weighted by molar-refractivity contribution is -0.140. The summed E-state index contributed by atoms with van der Waals surface area (Å²) in [7, 11) is 1.73. The van der Waals surface area contributed by atoms with Gasteiger partial charge in [-0.2, -0.15) is 0 Å². The van der Waals surface area contributed by atoms with E-state index in [4.69, 9.17) is 10.5 Å². The maximum atomic E-state index is 12.5. The van der Waals surface area contributed by atoms with E-state index in [2.05, 4.69) is 6.92 Å². The van der Waals surface area contributed by atoms with Crippen LogP contribution in [0.3, 0.4) is 0 Å². The Morgan fingerprint density at radius 1 is 1.33 bits per heavy atom. The van der Waals surface area contributed by atoms with Gasteiger partial charge < -0.3 is 15.4 Å². The van der Waals surface area contributed by atoms with Crippen molar-refractivity contribution in [2.45, 2.75) is 51.2 Å². The number of carbonyl (C=O) groups is 1. The highest BCUT2D eigenvalue weighted by atomic mass is 16.5. The highest BCUT2D eigenvalue weighted by molar-refractivity contribution is 5.79. The van der Waals surface area contributed by atoms with Crippen molar-refractivity contribution in [1.82, 2.24) is 4.90 Å². The molecule has 4 unspecified atom stereocenters. The van der Waals surface area contributed by atoms with Crippen LogP contribution in [0.15, 0.2) is 0 Å². The Bertz CT molecular complexity index is 286. The van der Waals surface area contributed by atoms with Crippen LogP contribution in [0, 0.1) is 11.8 Å². The second-order valence-corrected chi connectivity index (χ2v) is 6.05. The van der Waals surface area contributed by atoms with Crippen LogP contribution in [-0.2, 0) is 9.53 Å². The molecule has 1 aliphatic carbocycles. The van der Waals surface area contributed by atoms with Crippen LogP contribution in [0.25, 0.3) is 0 Å². The van der Waals surface area contributed by atoms with E-state index in [9.17, 15) is 4.79 Å². The molecule has 4 nitrogen and oxygen atoms in total. The molecule has 4 atom stereocenters. The average molecular weight is 254 g/mol. The predicted octanol–water partition coefficient (Wildman–Crippen LogP) is 1.39. The van der Waals surface area contributed by atoms with E-state index < -0.39 is 0 Å². The number of piperidine rings is 1. The SMILES string of the molecule is COC1CCCN(C(=O)C2CC(C)CC(N)C2)C1. The second kappa shape index (κ2) is 6.02. The highest BCUT2D eigenvalue weighted by Gasteiger charge is 2.33. The quantitative estimate of drug-likeness (QED) is 0.810. The van der Waals surface area contributed by atoms with E-state index in [0.29, 0.717) is 11.8 Å². The summed E-state index contributed by atoms with van der Waals surface area (Å²) in [6.45, 7) is 3.85. The molecule has 18 heavy (non-hydrogen) atoms. The van der Waals surface area contributed by atoms with Crippen molar-refractivity contribution in [1.29, 1.82) is 0 Å². The molecule has 1 saturated carbocycles. The van der Waals surface area contributed by atoms with Crippen molar-refractivity contribution < 1.29 is 9.53 Å². The summed E-state index contributed by atoms with van der Waals surface area (Å²) in [5, 5.41) is 0. The number of hydrogen-bond donors (Lipinski definition) is 1. The molecule has 1 heterocycles. The smallest absolute Gasteiger partial charge is 0.225 e. The molecule has 0 bridgehead atoms. The number of nitrogens with zero attached hydrogens (tertiary/aromatic N) is 1. The van der Waals surface area contributed by atoms with Gasteiger partial charge in [0.2, 0.25) is 5.91 Å². The fourth-order valence-electron chi connectivity index (χ4n) is 3.45. The number of hydrogen-bond acceptors (Lipinski definition) is 3. The van der Waals surface area contributed by atoms with Gasteiger partial charge in [-0.25, -0.2) is 0 Å². The van der Waals surface area contributed by atoms with Crippen LogP contribution in [0.5, 0.6) is 0 Å². The number of nitrogens with two attached hydrogens (primary N) is 1. The van der Waals surface area contributed by atoms with Gasteiger partial charge in [0.15, 0.2) is 0 Å². The van der Waals surface area contributed by atoms with E-state index in [1.165, 1.54) is 0 Å². The number of methoxy groups -OCH3 is 1. The van der Waals surface area contributed by atoms with Crippen molar-refractivity contribution in [3.8, 4) is 0 Å². The van der Waals surface area contributed by atoms with Gasteiger partial charge in [-0.05, 0) is 38.0 Å². The van der Waals surface area contributed by atoms with Gasteiger partial charge in [0.25, 0.3) is 0 Å². The first-order valence-corrected chi connectivity index (χ1v) is 7.17. The van der Waals surface area contributed by atoms with Gasteiger partial charge in [-0.1, -0.05) is 6.92 Å². The lowest BCUT2D eigenvalue weighted by atomic mass is 9.79. The molecule has 0 aromatic rings. The van der Waals surface area contributed by atoms with Crippen molar-refractivity contribution in [3.63, 3.8) is 0 Å². The Morgan fingerprint density at radius 2 is 2.11 bits per heavy atom. The fourth-order valence-corrected chi connectivity index (χ4v) is 3.45. The lowest BCUT2D eigenvalue weighted by Gasteiger charge is -2.37. The minimum atomic E-state index is 0.138. The summed E-state index contributed by atoms with van der Waals surface area (Å²) < 4.78 is 5.38. The van der Waals surface area contributed by atoms with Gasteiger partial charge >= 0.3 is 0 Å². The Morgan fingerprint density at radius 3 is 2.78 bits per heavy atom. The van der Waals surface area contributed by atoms with Gasteiger partial charge in [0.05, 0.1) is 6.10 Å². The molecular weight excluding hydrogens is 228 g/mol. The average Bonchev–Trinajstić information content (AvgIpc) is 2.37. The van der Waals surface area contributed by atoms with Crippen molar-refractivity contribution in [2.24, 2.45) is 17.6 Å². The van der Waals surface area contributed by atoms with E-state index >= 15 is 0 Å². The van der Waals surface area contributed by atoms with Crippen molar-refractivity contribution >= 4 is 5.91 Å². The molecular formula is C14H26N2O2. The standard InChI is InChI=1S/C14H26N2O2/c1-10-6-11(8-12(15)7-10)14(17)16-5-3-4-13(9-16)18-2/h10-13H,3-9,15H2,1-2H3. The molecule has 2 fully saturated rings. The molecule has 2 rings (SSSR count). The van der Waals surface area contributed by atoms with Gasteiger partial charge in [-0.15, -0.1) is 0 Å². The van der Waals surface area contributed by atoms with Gasteiger partial charge in [0.1, 0.15) is 0 Å². The Labute approximate surface area is 110 Å². The van der Waals surface area contributed by atoms with E-state index in [1.807, 2.05) is 4.90 Å². The zero-order valence-corrected chi connectivity index (χ0v) is 11.6. The summed E-state index contributed by atoms with van der Waals surface area (Å²) in [4.78, 5) is 14.5. The lowest BCUT2D eigenvalue weighted by Crippen LogP contribution is -2.47. The summed E-state index contributed by atoms with van der Waals surface area (Å²) >= 11 is 0. The Kier molecular flexibility index (Phi) is 4.62. The van der Waals surface area contributed by atoms with Gasteiger partial charge in [-0.3, -0.25) is 4.79 Å². The largest absolute Gasteiger partial charge is 0.380 e. The first-order valence-electron chi connectivity index (χ1n) is 7.17. The molecule has 2 aliphatic rings. The molecule has 4 heteroatoms. The summed E-state index contributed by atoms with van der Waals surface area (Å²) in [5.74, 6) is 1.02. The normalized spacial score (nSPS) is 37.6. The minimum Gasteiger partial charge on any atom is -0.380 e. The predicted molar refractivity (Wildman–Crippen MR) is 71.1 cm³/mol. The molecule has 104 valence electrons. The van der Waals surface area contributed by atoms with E-state index in [0.717, 1.165) is 45.2 Å². The summed E-state index contributed by atoms with van der Waals surface area (Å²) in [6, 6.07) is 0.200. The fraction of sp³-hybridized carbons (Fsp3) is 0.929. The molecule has 2 N–H and O–H groups in total. The van der Waals surface area contributed by atoms with Crippen LogP contribution >= 0.6 is 0 Å². The molecule has 0 aromatic heterocycles. The van der Waals surface area contributed by atoms with E-state index in [1.54, 1.807) is 7.11 Å². The number of ether oxygens (including phenoxy) is 1. The molecule has 0 spiro atoms. The maximum absolute atomic E-state index is 12.5. The van der Waals surface area contributed by atoms with Gasteiger partial charge in [0, 0.05) is 32.2 Å². The second-order valence-electron chi connectivity index (χ2n) is 6.05. The molecule has 0 radical (unpaired) electrons. The number of carbonyl (C=O) groups excluding carboxylic acids is 1. The number of amides is 1. The first-order chi connectivity index (χ1) is 8.60. The monoisotopic (exact) mass is 254 g/mol. The number of likely N-dealkylation sites (tertiary alicyclic amines) is 1. The van der Waals surface area contributed by atoms with Crippen LogP contribution in [0.1, 0.15) is 39.0 Å². The minimum absolute atomic E-state index is 0.138. The van der Waals surface area contributed by atoms with E-state index in [-0.39, 0.29) is 18.1 Å². The zero-order valence-electron chi connectivity index (χ0n) is 11.6. The van der Waals surface area contributed by atoms with Crippen molar-refractivity contribution in [2.75, 3.05) is 20.2 Å². The summed E-state index contributed by atoms with van der Waals surface area (Å²) in [5.41, 5.74) is 6.04. The molecule has 1 amide bonds. The zero-order chi connectivity index (χ0) is 13.1. The highest BCUT2D eigenvalue weighted by Crippen LogP contribution is 2.30. The van der Waals surface area contributed by atoms with Crippen LogP contribution in [0.4, 0.5) is 0 Å². The van der Waals surface area contributed by atoms with Crippen molar-refractivity contribution in [3.05, 3.63) is 0 Å². The maximum Gasteiger partial charge on any atom is 0.225 e. The summed E-state index contributed by atoms with van der Waals surface area (Å²) in [6.07, 6.45) is 5.26. The molecule has 1 saturated heterocycles. The van der Waals surface area contributed by atoms with Crippen LogP contribution in [-0.4, -0.2) is 43.2 Å². The third-order valence-corrected chi connectivity index (χ3v) is 4.35. The topological polar surface area (TPSA) is 55.6 Å².